The molecule has 0 saturated heterocycles. The molecular weight excluding hydrogens is 777 g/mol. The van der Waals surface area contributed by atoms with Crippen LogP contribution in [0.1, 0.15) is 43.6 Å². The Morgan fingerprint density at radius 1 is 0.317 bits per heavy atom. The van der Waals surface area contributed by atoms with E-state index in [-0.39, 0.29) is 0 Å². The largest absolute Gasteiger partial charge is 0.309 e. The van der Waals surface area contributed by atoms with E-state index in [1.807, 2.05) is 0 Å². The third-order valence-corrected chi connectivity index (χ3v) is 18.9. The molecule has 1 fully saturated rings. The number of benzene rings is 9. The average Bonchev–Trinajstić information content (AvgIpc) is 3.88. The first-order valence-corrected chi connectivity index (χ1v) is 24.7. The Bertz CT molecular complexity index is 3320. The van der Waals surface area contributed by atoms with Crippen molar-refractivity contribution in [1.29, 1.82) is 0 Å². The van der Waals surface area contributed by atoms with Crippen LogP contribution < -0.4 is 20.7 Å². The Kier molecular flexibility index (Phi) is 9.30. The van der Waals surface area contributed by atoms with E-state index in [9.17, 15) is 0 Å². The molecule has 0 spiro atoms. The Labute approximate surface area is 370 Å². The second kappa shape index (κ2) is 15.6. The lowest BCUT2D eigenvalue weighted by atomic mass is 9.84. The van der Waals surface area contributed by atoms with Crippen LogP contribution in [0.5, 0.6) is 0 Å². The number of rotatable bonds is 8. The maximum Gasteiger partial charge on any atom is 0.179 e. The maximum absolute atomic E-state index is 2.61. The van der Waals surface area contributed by atoms with E-state index >= 15 is 0 Å². The fourth-order valence-electron chi connectivity index (χ4n) is 11.1. The molecule has 9 aromatic carbocycles. The minimum atomic E-state index is -2.61. The third-order valence-electron chi connectivity index (χ3n) is 14.1. The molecule has 2 nitrogen and oxygen atoms in total. The van der Waals surface area contributed by atoms with E-state index in [4.69, 9.17) is 0 Å². The summed E-state index contributed by atoms with van der Waals surface area (Å²) in [6.07, 6.45) is 6.63. The summed E-state index contributed by atoms with van der Waals surface area (Å²) < 4.78 is 4.97. The van der Waals surface area contributed by atoms with Crippen LogP contribution in [0.15, 0.2) is 224 Å². The van der Waals surface area contributed by atoms with Crippen LogP contribution in [-0.2, 0) is 0 Å². The zero-order chi connectivity index (χ0) is 41.7. The normalized spacial score (nSPS) is 13.7. The highest BCUT2D eigenvalue weighted by Gasteiger charge is 2.41. The second-order valence-corrected chi connectivity index (χ2v) is 21.3. The molecule has 0 N–H and O–H groups in total. The summed E-state index contributed by atoms with van der Waals surface area (Å²) in [6.45, 7) is 0. The molecular formula is C60H48N2Si. The van der Waals surface area contributed by atoms with Gasteiger partial charge in [-0.3, -0.25) is 0 Å². The molecule has 3 heteroatoms. The van der Waals surface area contributed by atoms with E-state index < -0.39 is 8.07 Å². The average molecular weight is 825 g/mol. The number of hydrogen-bond acceptors (Lipinski definition) is 0. The van der Waals surface area contributed by atoms with Gasteiger partial charge in [0.25, 0.3) is 0 Å². The van der Waals surface area contributed by atoms with Gasteiger partial charge in [-0.2, -0.15) is 0 Å². The Morgan fingerprint density at radius 2 is 0.825 bits per heavy atom. The van der Waals surface area contributed by atoms with Gasteiger partial charge >= 0.3 is 0 Å². The first kappa shape index (κ1) is 37.5. The smallest absolute Gasteiger partial charge is 0.179 e. The van der Waals surface area contributed by atoms with Gasteiger partial charge in [-0.15, -0.1) is 0 Å². The first-order chi connectivity index (χ1) is 31.3. The quantitative estimate of drug-likeness (QED) is 0.107. The maximum atomic E-state index is 2.51. The number of aromatic nitrogens is 2. The van der Waals surface area contributed by atoms with Crippen LogP contribution in [-0.4, -0.2) is 17.2 Å². The zero-order valence-electron chi connectivity index (χ0n) is 35.4. The predicted molar refractivity (Wildman–Crippen MR) is 270 cm³/mol. The van der Waals surface area contributed by atoms with Gasteiger partial charge in [0.05, 0.1) is 22.1 Å². The fourth-order valence-corrected chi connectivity index (χ4v) is 15.9. The van der Waals surface area contributed by atoms with E-state index in [1.54, 1.807) is 0 Å². The van der Waals surface area contributed by atoms with Crippen molar-refractivity contribution in [3.05, 3.63) is 230 Å². The molecule has 302 valence electrons. The Balaban J connectivity index is 0.972. The molecule has 2 aromatic heterocycles. The second-order valence-electron chi connectivity index (χ2n) is 17.5. The first-order valence-electron chi connectivity index (χ1n) is 22.7. The van der Waals surface area contributed by atoms with Crippen molar-refractivity contribution < 1.29 is 0 Å². The molecule has 0 atom stereocenters. The molecule has 2 heterocycles. The van der Waals surface area contributed by atoms with Crippen molar-refractivity contribution in [2.24, 2.45) is 0 Å². The summed E-state index contributed by atoms with van der Waals surface area (Å²) in [4.78, 5) is 0. The van der Waals surface area contributed by atoms with Gasteiger partial charge in [-0.25, -0.2) is 0 Å². The monoisotopic (exact) mass is 824 g/mol. The highest BCUT2D eigenvalue weighted by Crippen LogP contribution is 2.40. The van der Waals surface area contributed by atoms with Crippen molar-refractivity contribution >= 4 is 72.4 Å². The van der Waals surface area contributed by atoms with Crippen molar-refractivity contribution in [3.63, 3.8) is 0 Å². The molecule has 0 unspecified atom stereocenters. The van der Waals surface area contributed by atoms with Gasteiger partial charge in [0.2, 0.25) is 0 Å². The number of para-hydroxylation sites is 2. The van der Waals surface area contributed by atoms with Crippen molar-refractivity contribution in [3.8, 4) is 22.5 Å². The number of nitrogens with zero attached hydrogens (tertiary/aromatic N) is 2. The van der Waals surface area contributed by atoms with E-state index in [0.717, 1.165) is 5.69 Å². The Hall–Kier alpha value is -7.20. The molecule has 0 amide bonds. The molecule has 11 aromatic rings. The summed E-state index contributed by atoms with van der Waals surface area (Å²) in [7, 11) is -2.61. The lowest BCUT2D eigenvalue weighted by Gasteiger charge is -2.34. The number of hydrogen-bond donors (Lipinski definition) is 0. The third kappa shape index (κ3) is 6.21. The molecule has 12 rings (SSSR count). The molecule has 63 heavy (non-hydrogen) atoms. The zero-order valence-corrected chi connectivity index (χ0v) is 36.4. The van der Waals surface area contributed by atoms with E-state index in [1.165, 1.54) is 119 Å². The minimum absolute atomic E-state index is 0.650. The van der Waals surface area contributed by atoms with Gasteiger partial charge in [0.1, 0.15) is 0 Å². The van der Waals surface area contributed by atoms with Crippen LogP contribution >= 0.6 is 0 Å². The van der Waals surface area contributed by atoms with E-state index in [0.29, 0.717) is 5.92 Å². The van der Waals surface area contributed by atoms with Crippen LogP contribution in [0, 0.1) is 0 Å². The molecule has 0 bridgehead atoms. The van der Waals surface area contributed by atoms with Crippen molar-refractivity contribution in [2.45, 2.75) is 38.0 Å². The lowest BCUT2D eigenvalue weighted by molar-refractivity contribution is 0.444. The summed E-state index contributed by atoms with van der Waals surface area (Å²) in [5, 5.41) is 10.7. The molecule has 0 radical (unpaired) electrons. The summed E-state index contributed by atoms with van der Waals surface area (Å²) in [5.74, 6) is 0.650. The van der Waals surface area contributed by atoms with Crippen LogP contribution in [0.3, 0.4) is 0 Å². The molecule has 1 aliphatic rings. The standard InChI is InChI=1S/C60H48N2Si/c1-5-18-43(19-6-1)46-34-38-55-53-28-13-15-30-57(53)62(60(55)41-46)48-35-39-59-56(42-48)54-29-14-16-31-58(54)61(59)47-21-17-20-45(40-47)44-32-36-52(37-33-44)63(49-22-7-2-8-23-49,50-24-9-3-10-25-50)51-26-11-4-12-27-51/h2-4,7-17,20-43H,1,5-6,18-19H2. The van der Waals surface area contributed by atoms with Crippen LogP contribution in [0.25, 0.3) is 66.1 Å². The van der Waals surface area contributed by atoms with Gasteiger partial charge in [-0.05, 0) is 105 Å². The fraction of sp³-hybridized carbons (Fsp3) is 0.100. The molecule has 1 aliphatic carbocycles. The topological polar surface area (TPSA) is 9.86 Å². The van der Waals surface area contributed by atoms with Gasteiger partial charge in [0.15, 0.2) is 8.07 Å². The molecule has 1 saturated carbocycles. The predicted octanol–water partition coefficient (Wildman–Crippen LogP) is 13.0. The van der Waals surface area contributed by atoms with Crippen LogP contribution in [0.4, 0.5) is 0 Å². The van der Waals surface area contributed by atoms with Gasteiger partial charge < -0.3 is 9.13 Å². The van der Waals surface area contributed by atoms with Gasteiger partial charge in [0, 0.05) is 32.9 Å². The SMILES string of the molecule is c1ccc([Si](c2ccccc2)(c2ccccc2)c2ccc(-c3cccc(-n4c5ccccc5c5cc(-n6c7ccccc7c7ccc(C8CCCCC8)cc76)ccc54)c3)cc2)cc1. The minimum Gasteiger partial charge on any atom is -0.309 e. The van der Waals surface area contributed by atoms with Crippen molar-refractivity contribution in [1.82, 2.24) is 9.13 Å². The van der Waals surface area contributed by atoms with Gasteiger partial charge in [-0.1, -0.05) is 195 Å². The summed E-state index contributed by atoms with van der Waals surface area (Å²) in [5.41, 5.74) is 11.2. The van der Waals surface area contributed by atoms with Crippen LogP contribution in [0.2, 0.25) is 0 Å². The highest BCUT2D eigenvalue weighted by molar-refractivity contribution is 7.19. The van der Waals surface area contributed by atoms with E-state index in [2.05, 4.69) is 234 Å². The summed E-state index contributed by atoms with van der Waals surface area (Å²) in [6, 6.07) is 84.3. The Morgan fingerprint density at radius 3 is 1.46 bits per heavy atom. The highest BCUT2D eigenvalue weighted by atomic mass is 28.3. The molecule has 0 aliphatic heterocycles. The lowest BCUT2D eigenvalue weighted by Crippen LogP contribution is -2.74. The summed E-state index contributed by atoms with van der Waals surface area (Å²) >= 11 is 0. The van der Waals surface area contributed by atoms with Crippen molar-refractivity contribution in [2.75, 3.05) is 0 Å². The number of fused-ring (bicyclic) bond motifs is 6.